The van der Waals surface area contributed by atoms with Crippen molar-refractivity contribution in [2.24, 2.45) is 5.73 Å². The van der Waals surface area contributed by atoms with Gasteiger partial charge in [0.05, 0.1) is 18.8 Å². The van der Waals surface area contributed by atoms with Crippen molar-refractivity contribution in [3.05, 3.63) is 19.5 Å². The minimum atomic E-state index is -1.63. The fraction of sp³-hybridized carbons (Fsp3) is 0.643. The fourth-order valence-corrected chi connectivity index (χ4v) is 2.99. The standard InChI is InChI=1S/C14H23N5O6S/c1-2-3-26-6-7(15)13(23)16-9-5-19(18-17-9)4-8-10(20)11(21)12(22)14(24)25-8/h2,5,7-8,10-12,14,20-22,24H,1,3-4,6,15H2,(H,16,23)/t7-,8?,10?,11?,12?,14?/m1/s1. The Hall–Kier alpha value is -1.28. The van der Waals surface area contributed by atoms with Crippen LogP contribution in [0.25, 0.3) is 0 Å². The van der Waals surface area contributed by atoms with Crippen molar-refractivity contribution in [2.45, 2.75) is 43.3 Å². The van der Waals surface area contributed by atoms with Crippen molar-refractivity contribution in [1.29, 1.82) is 0 Å². The Morgan fingerprint density at radius 3 is 2.85 bits per heavy atom. The lowest BCUT2D eigenvalue weighted by Gasteiger charge is -2.38. The van der Waals surface area contributed by atoms with Gasteiger partial charge in [0, 0.05) is 5.75 Å². The van der Waals surface area contributed by atoms with Gasteiger partial charge in [-0.25, -0.2) is 4.68 Å². The van der Waals surface area contributed by atoms with Crippen LogP contribution in [0.15, 0.2) is 6.20 Å². The van der Waals surface area contributed by atoms with E-state index in [0.717, 1.165) is 0 Å². The van der Waals surface area contributed by atoms with E-state index in [2.05, 4.69) is 22.6 Å². The van der Waals surface area contributed by atoms with Crippen LogP contribution in [0.5, 0.6) is 0 Å². The van der Waals surface area contributed by atoms with Crippen molar-refractivity contribution in [3.63, 3.8) is 0 Å². The SMILES string of the molecule is [CH2][CH]CSC[C@@H](N)C(=O)Nc1cn(CC2OC(O)C(O)C(O)C2O)nn1. The fourth-order valence-electron chi connectivity index (χ4n) is 2.28. The van der Waals surface area contributed by atoms with Crippen LogP contribution in [-0.4, -0.2) is 89.6 Å². The molecule has 0 saturated carbocycles. The maximum absolute atomic E-state index is 12.0. The molecule has 2 rings (SSSR count). The zero-order valence-corrected chi connectivity index (χ0v) is 14.7. The molecule has 2 heterocycles. The second-order valence-corrected chi connectivity index (χ2v) is 6.86. The molecule has 1 amide bonds. The van der Waals surface area contributed by atoms with E-state index in [1.54, 1.807) is 6.42 Å². The number of anilines is 1. The molecule has 0 aromatic carbocycles. The van der Waals surface area contributed by atoms with E-state index >= 15 is 0 Å². The lowest BCUT2D eigenvalue weighted by Crippen LogP contribution is -2.58. The zero-order valence-electron chi connectivity index (χ0n) is 13.9. The van der Waals surface area contributed by atoms with Gasteiger partial charge >= 0.3 is 0 Å². The highest BCUT2D eigenvalue weighted by molar-refractivity contribution is 7.99. The number of carbonyl (C=O) groups excluding carboxylic acids is 1. The van der Waals surface area contributed by atoms with Crippen LogP contribution in [0.4, 0.5) is 5.82 Å². The Kier molecular flexibility index (Phi) is 7.76. The van der Waals surface area contributed by atoms with Crippen LogP contribution in [0, 0.1) is 13.3 Å². The van der Waals surface area contributed by atoms with Gasteiger partial charge in [0.1, 0.15) is 24.4 Å². The number of aromatic nitrogens is 3. The quantitative estimate of drug-likeness (QED) is 0.253. The molecule has 12 heteroatoms. The summed E-state index contributed by atoms with van der Waals surface area (Å²) in [6.45, 7) is 3.52. The third-order valence-electron chi connectivity index (χ3n) is 3.71. The van der Waals surface area contributed by atoms with Gasteiger partial charge in [-0.15, -0.1) is 5.10 Å². The van der Waals surface area contributed by atoms with Gasteiger partial charge in [0.2, 0.25) is 5.91 Å². The van der Waals surface area contributed by atoms with E-state index < -0.39 is 42.7 Å². The summed E-state index contributed by atoms with van der Waals surface area (Å²) in [6, 6.07) is -0.722. The number of hydrogen-bond donors (Lipinski definition) is 6. The van der Waals surface area contributed by atoms with E-state index in [1.807, 2.05) is 0 Å². The van der Waals surface area contributed by atoms with Crippen LogP contribution in [-0.2, 0) is 16.1 Å². The average molecular weight is 389 g/mol. The van der Waals surface area contributed by atoms with Crippen LogP contribution in [0.1, 0.15) is 0 Å². The smallest absolute Gasteiger partial charge is 0.243 e. The molecule has 1 saturated heterocycles. The molecule has 2 radical (unpaired) electrons. The molecule has 1 aliphatic heterocycles. The molecule has 1 aromatic heterocycles. The summed E-state index contributed by atoms with van der Waals surface area (Å²) in [4.78, 5) is 12.0. The third kappa shape index (κ3) is 5.36. The van der Waals surface area contributed by atoms with Crippen LogP contribution in [0.2, 0.25) is 0 Å². The summed E-state index contributed by atoms with van der Waals surface area (Å²) in [5.74, 6) is 0.849. The molecule has 146 valence electrons. The predicted octanol–water partition coefficient (Wildman–Crippen LogP) is -2.88. The van der Waals surface area contributed by atoms with Gasteiger partial charge in [-0.3, -0.25) is 4.79 Å². The first kappa shape index (κ1) is 21.0. The normalized spacial score (nSPS) is 30.2. The number of ether oxygens (including phenoxy) is 1. The Morgan fingerprint density at radius 2 is 2.15 bits per heavy atom. The van der Waals surface area contributed by atoms with Crippen molar-refractivity contribution in [2.75, 3.05) is 16.8 Å². The summed E-state index contributed by atoms with van der Waals surface area (Å²) < 4.78 is 6.32. The number of thioether (sulfide) groups is 1. The minimum Gasteiger partial charge on any atom is -0.388 e. The summed E-state index contributed by atoms with van der Waals surface area (Å²) in [7, 11) is 0. The van der Waals surface area contributed by atoms with Crippen molar-refractivity contribution in [3.8, 4) is 0 Å². The predicted molar refractivity (Wildman–Crippen MR) is 92.5 cm³/mol. The first-order valence-electron chi connectivity index (χ1n) is 7.86. The van der Waals surface area contributed by atoms with Crippen molar-refractivity contribution in [1.82, 2.24) is 15.0 Å². The summed E-state index contributed by atoms with van der Waals surface area (Å²) in [5, 5.41) is 48.6. The van der Waals surface area contributed by atoms with Crippen LogP contribution < -0.4 is 11.1 Å². The van der Waals surface area contributed by atoms with Gasteiger partial charge in [-0.2, -0.15) is 11.8 Å². The van der Waals surface area contributed by atoms with E-state index in [1.165, 1.54) is 22.6 Å². The molecule has 0 aliphatic carbocycles. The number of nitrogens with two attached hydrogens (primary N) is 1. The Morgan fingerprint density at radius 1 is 1.42 bits per heavy atom. The lowest BCUT2D eigenvalue weighted by molar-refractivity contribution is -0.284. The number of carbonyl (C=O) groups is 1. The molecule has 7 N–H and O–H groups in total. The van der Waals surface area contributed by atoms with Gasteiger partial charge in [0.15, 0.2) is 12.1 Å². The van der Waals surface area contributed by atoms with Gasteiger partial charge in [0.25, 0.3) is 0 Å². The molecule has 11 nitrogen and oxygen atoms in total. The second-order valence-electron chi connectivity index (χ2n) is 5.78. The Balaban J connectivity index is 1.88. The number of hydrogen-bond acceptors (Lipinski definition) is 10. The Labute approximate surface area is 154 Å². The molecule has 26 heavy (non-hydrogen) atoms. The number of amides is 1. The molecule has 1 aliphatic rings. The summed E-state index contributed by atoms with van der Waals surface area (Å²) in [5.41, 5.74) is 5.77. The number of nitrogens with zero attached hydrogens (tertiary/aromatic N) is 3. The molecule has 5 unspecified atom stereocenters. The second kappa shape index (κ2) is 9.60. The van der Waals surface area contributed by atoms with E-state index in [-0.39, 0.29) is 12.4 Å². The minimum absolute atomic E-state index is 0.0634. The molecule has 1 aromatic rings. The molecular weight excluding hydrogens is 366 g/mol. The van der Waals surface area contributed by atoms with E-state index in [0.29, 0.717) is 11.5 Å². The number of nitrogens with one attached hydrogen (secondary N) is 1. The topological polar surface area (TPSA) is 176 Å². The van der Waals surface area contributed by atoms with Gasteiger partial charge in [-0.1, -0.05) is 5.21 Å². The Bertz CT molecular complexity index is 590. The number of aliphatic hydroxyl groups excluding tert-OH is 4. The van der Waals surface area contributed by atoms with Gasteiger partial charge in [-0.05, 0) is 19.1 Å². The van der Waals surface area contributed by atoms with Crippen molar-refractivity contribution < 1.29 is 30.0 Å². The zero-order chi connectivity index (χ0) is 19.3. The maximum Gasteiger partial charge on any atom is 0.243 e. The highest BCUT2D eigenvalue weighted by Crippen LogP contribution is 2.21. The largest absolute Gasteiger partial charge is 0.388 e. The highest BCUT2D eigenvalue weighted by atomic mass is 32.2. The first-order chi connectivity index (χ1) is 12.3. The molecule has 6 atom stereocenters. The highest BCUT2D eigenvalue weighted by Gasteiger charge is 2.43. The third-order valence-corrected chi connectivity index (χ3v) is 4.78. The number of rotatable bonds is 8. The molecule has 0 spiro atoms. The molecule has 0 bridgehead atoms. The van der Waals surface area contributed by atoms with E-state index in [9.17, 15) is 25.2 Å². The van der Waals surface area contributed by atoms with E-state index in [4.69, 9.17) is 10.5 Å². The molecular formula is C14H23N5O6S. The summed E-state index contributed by atoms with van der Waals surface area (Å²) in [6.07, 6.45) is -4.13. The first-order valence-corrected chi connectivity index (χ1v) is 9.02. The maximum atomic E-state index is 12.0. The number of aliphatic hydroxyl groups is 4. The van der Waals surface area contributed by atoms with Crippen LogP contribution >= 0.6 is 11.8 Å². The van der Waals surface area contributed by atoms with Crippen molar-refractivity contribution >= 4 is 23.5 Å². The monoisotopic (exact) mass is 389 g/mol. The molecule has 1 fully saturated rings. The average Bonchev–Trinajstić information content (AvgIpc) is 3.04. The summed E-state index contributed by atoms with van der Waals surface area (Å²) >= 11 is 1.47. The van der Waals surface area contributed by atoms with Crippen LogP contribution in [0.3, 0.4) is 0 Å². The van der Waals surface area contributed by atoms with Gasteiger partial charge < -0.3 is 36.2 Å². The lowest BCUT2D eigenvalue weighted by atomic mass is 9.99.